The van der Waals surface area contributed by atoms with Crippen LogP contribution in [-0.4, -0.2) is 23.6 Å². The Balaban J connectivity index is 1.99. The second-order valence-corrected chi connectivity index (χ2v) is 7.01. The molecule has 1 heterocycles. The van der Waals surface area contributed by atoms with Crippen LogP contribution in [0.25, 0.3) is 0 Å². The van der Waals surface area contributed by atoms with Gasteiger partial charge >= 0.3 is 0 Å². The van der Waals surface area contributed by atoms with Crippen LogP contribution in [0.1, 0.15) is 44.1 Å². The topological polar surface area (TPSA) is 61.9 Å². The molecule has 1 aliphatic carbocycles. The molecule has 1 aliphatic heterocycles. The summed E-state index contributed by atoms with van der Waals surface area (Å²) < 4.78 is 1.03. The standard InChI is InChI=1S/C16H22BrN3O/c17-12-7-8-13(16(18)19-21)15(10-12)20-9-3-5-11-4-1-2-6-14(11)20/h7-8,10-11,14,21H,1-6,9H2,(H2,18,19)/t11-,14-/m1/s1. The minimum Gasteiger partial charge on any atom is -0.409 e. The van der Waals surface area contributed by atoms with Crippen LogP contribution in [0.3, 0.4) is 0 Å². The van der Waals surface area contributed by atoms with Crippen molar-refractivity contribution >= 4 is 27.5 Å². The molecule has 3 N–H and O–H groups in total. The molecule has 0 radical (unpaired) electrons. The van der Waals surface area contributed by atoms with Crippen LogP contribution in [0.2, 0.25) is 0 Å². The van der Waals surface area contributed by atoms with Crippen LogP contribution in [0.4, 0.5) is 5.69 Å². The highest BCUT2D eigenvalue weighted by Gasteiger charge is 2.34. The number of fused-ring (bicyclic) bond motifs is 1. The third kappa shape index (κ3) is 2.89. The highest BCUT2D eigenvalue weighted by Crippen LogP contribution is 2.39. The molecule has 0 bridgehead atoms. The number of piperidine rings is 1. The Morgan fingerprint density at radius 2 is 2.00 bits per heavy atom. The predicted octanol–water partition coefficient (Wildman–Crippen LogP) is 3.70. The minimum atomic E-state index is 0.190. The zero-order chi connectivity index (χ0) is 14.8. The molecule has 1 saturated carbocycles. The van der Waals surface area contributed by atoms with E-state index in [1.165, 1.54) is 38.5 Å². The Morgan fingerprint density at radius 3 is 2.81 bits per heavy atom. The fraction of sp³-hybridized carbons (Fsp3) is 0.562. The lowest BCUT2D eigenvalue weighted by molar-refractivity contribution is 0.243. The predicted molar refractivity (Wildman–Crippen MR) is 89.0 cm³/mol. The van der Waals surface area contributed by atoms with Crippen molar-refractivity contribution in [3.63, 3.8) is 0 Å². The van der Waals surface area contributed by atoms with E-state index in [1.807, 2.05) is 12.1 Å². The molecule has 1 aromatic carbocycles. The van der Waals surface area contributed by atoms with Gasteiger partial charge in [-0.3, -0.25) is 0 Å². The van der Waals surface area contributed by atoms with Gasteiger partial charge in [-0.25, -0.2) is 0 Å². The summed E-state index contributed by atoms with van der Waals surface area (Å²) in [5.74, 6) is 0.988. The van der Waals surface area contributed by atoms with Crippen molar-refractivity contribution in [1.29, 1.82) is 0 Å². The van der Waals surface area contributed by atoms with Crippen molar-refractivity contribution < 1.29 is 5.21 Å². The lowest BCUT2D eigenvalue weighted by Crippen LogP contribution is -2.47. The van der Waals surface area contributed by atoms with E-state index >= 15 is 0 Å². The van der Waals surface area contributed by atoms with Crippen LogP contribution >= 0.6 is 15.9 Å². The SMILES string of the molecule is N/C(=N/O)c1ccc(Br)cc1N1CCC[C@H]2CCCC[C@H]21. The number of oxime groups is 1. The van der Waals surface area contributed by atoms with Crippen LogP contribution in [0, 0.1) is 5.92 Å². The van der Waals surface area contributed by atoms with Crippen molar-refractivity contribution in [3.05, 3.63) is 28.2 Å². The lowest BCUT2D eigenvalue weighted by Gasteiger charge is -2.46. The molecule has 4 nitrogen and oxygen atoms in total. The average molecular weight is 352 g/mol. The minimum absolute atomic E-state index is 0.190. The Bertz CT molecular complexity index is 544. The smallest absolute Gasteiger partial charge is 0.172 e. The first-order valence-corrected chi connectivity index (χ1v) is 8.54. The summed E-state index contributed by atoms with van der Waals surface area (Å²) in [5, 5.41) is 12.2. The van der Waals surface area contributed by atoms with Gasteiger partial charge in [0.05, 0.1) is 0 Å². The molecule has 2 atom stereocenters. The normalized spacial score (nSPS) is 26.5. The molecule has 1 saturated heterocycles. The Labute approximate surface area is 134 Å². The summed E-state index contributed by atoms with van der Waals surface area (Å²) in [6, 6.07) is 6.58. The number of halogens is 1. The van der Waals surface area contributed by atoms with Crippen molar-refractivity contribution in [2.24, 2.45) is 16.8 Å². The number of rotatable bonds is 2. The molecule has 0 spiro atoms. The second kappa shape index (κ2) is 6.26. The van der Waals surface area contributed by atoms with E-state index < -0.39 is 0 Å². The van der Waals surface area contributed by atoms with Crippen molar-refractivity contribution in [2.75, 3.05) is 11.4 Å². The number of benzene rings is 1. The van der Waals surface area contributed by atoms with Crippen molar-refractivity contribution in [1.82, 2.24) is 0 Å². The highest BCUT2D eigenvalue weighted by molar-refractivity contribution is 9.10. The van der Waals surface area contributed by atoms with Crippen LogP contribution in [0.5, 0.6) is 0 Å². The van der Waals surface area contributed by atoms with Crippen LogP contribution in [0.15, 0.2) is 27.8 Å². The van der Waals surface area contributed by atoms with Gasteiger partial charge in [-0.1, -0.05) is 33.9 Å². The van der Waals surface area contributed by atoms with E-state index in [1.54, 1.807) is 0 Å². The van der Waals surface area contributed by atoms with E-state index in [9.17, 15) is 0 Å². The van der Waals surface area contributed by atoms with E-state index in [0.717, 1.165) is 28.2 Å². The van der Waals surface area contributed by atoms with E-state index in [4.69, 9.17) is 10.9 Å². The van der Waals surface area contributed by atoms with Gasteiger partial charge < -0.3 is 15.8 Å². The number of nitrogens with two attached hydrogens (primary N) is 1. The molecule has 2 fully saturated rings. The van der Waals surface area contributed by atoms with Gasteiger partial charge in [0.2, 0.25) is 0 Å². The first kappa shape index (κ1) is 14.7. The van der Waals surface area contributed by atoms with Gasteiger partial charge in [0.1, 0.15) is 0 Å². The van der Waals surface area contributed by atoms with Crippen molar-refractivity contribution in [3.8, 4) is 0 Å². The number of anilines is 1. The summed E-state index contributed by atoms with van der Waals surface area (Å²) in [6.45, 7) is 1.06. The molecule has 2 aliphatic rings. The molecule has 0 aromatic heterocycles. The first-order chi connectivity index (χ1) is 10.2. The molecular weight excluding hydrogens is 330 g/mol. The van der Waals surface area contributed by atoms with E-state index in [2.05, 4.69) is 32.1 Å². The Morgan fingerprint density at radius 1 is 1.24 bits per heavy atom. The van der Waals surface area contributed by atoms with Crippen LogP contribution in [-0.2, 0) is 0 Å². The van der Waals surface area contributed by atoms with E-state index in [-0.39, 0.29) is 5.84 Å². The largest absolute Gasteiger partial charge is 0.409 e. The molecule has 0 unspecified atom stereocenters. The maximum Gasteiger partial charge on any atom is 0.172 e. The molecular formula is C16H22BrN3O. The molecule has 5 heteroatoms. The van der Waals surface area contributed by atoms with Gasteiger partial charge in [0.25, 0.3) is 0 Å². The number of nitrogens with zero attached hydrogens (tertiary/aromatic N) is 2. The first-order valence-electron chi connectivity index (χ1n) is 7.75. The molecule has 21 heavy (non-hydrogen) atoms. The molecule has 0 amide bonds. The summed E-state index contributed by atoms with van der Waals surface area (Å²) in [6.07, 6.45) is 7.84. The van der Waals surface area contributed by atoms with Gasteiger partial charge in [-0.15, -0.1) is 0 Å². The maximum atomic E-state index is 9.05. The summed E-state index contributed by atoms with van der Waals surface area (Å²) in [5.41, 5.74) is 7.80. The Kier molecular flexibility index (Phi) is 4.38. The highest BCUT2D eigenvalue weighted by atomic mass is 79.9. The number of hydrogen-bond donors (Lipinski definition) is 2. The van der Waals surface area contributed by atoms with Crippen molar-refractivity contribution in [2.45, 2.75) is 44.6 Å². The van der Waals surface area contributed by atoms with Gasteiger partial charge in [-0.05, 0) is 49.8 Å². The van der Waals surface area contributed by atoms with Gasteiger partial charge in [-0.2, -0.15) is 0 Å². The number of amidine groups is 1. The fourth-order valence-corrected chi connectivity index (χ4v) is 4.29. The maximum absolute atomic E-state index is 9.05. The fourth-order valence-electron chi connectivity index (χ4n) is 3.94. The summed E-state index contributed by atoms with van der Waals surface area (Å²) >= 11 is 3.55. The van der Waals surface area contributed by atoms with Crippen LogP contribution < -0.4 is 10.6 Å². The molecule has 1 aromatic rings. The molecule has 3 rings (SSSR count). The zero-order valence-electron chi connectivity index (χ0n) is 12.1. The third-order valence-electron chi connectivity index (χ3n) is 4.90. The summed E-state index contributed by atoms with van der Waals surface area (Å²) in [4.78, 5) is 2.49. The zero-order valence-corrected chi connectivity index (χ0v) is 13.7. The van der Waals surface area contributed by atoms with Gasteiger partial charge in [0.15, 0.2) is 5.84 Å². The quantitative estimate of drug-likeness (QED) is 0.369. The third-order valence-corrected chi connectivity index (χ3v) is 5.39. The van der Waals surface area contributed by atoms with Gasteiger partial charge in [0, 0.05) is 28.3 Å². The Hall–Kier alpha value is -1.23. The molecule has 114 valence electrons. The lowest BCUT2D eigenvalue weighted by atomic mass is 9.78. The second-order valence-electron chi connectivity index (χ2n) is 6.09. The monoisotopic (exact) mass is 351 g/mol. The number of hydrogen-bond acceptors (Lipinski definition) is 3. The summed E-state index contributed by atoms with van der Waals surface area (Å²) in [7, 11) is 0. The average Bonchev–Trinajstić information content (AvgIpc) is 2.53. The van der Waals surface area contributed by atoms with E-state index in [0.29, 0.717) is 6.04 Å².